The van der Waals surface area contributed by atoms with E-state index < -0.39 is 0 Å². The van der Waals surface area contributed by atoms with Crippen LogP contribution in [0.4, 0.5) is 11.4 Å². The van der Waals surface area contributed by atoms with E-state index in [0.717, 1.165) is 24.8 Å². The number of hydrogen-bond acceptors (Lipinski definition) is 4. The fraction of sp³-hybridized carbons (Fsp3) is 0.533. The molecule has 19 heavy (non-hydrogen) atoms. The Kier molecular flexibility index (Phi) is 4.64. The number of rotatable bonds is 5. The van der Waals surface area contributed by atoms with Crippen molar-refractivity contribution in [2.24, 2.45) is 0 Å². The van der Waals surface area contributed by atoms with Crippen LogP contribution in [0.1, 0.15) is 31.2 Å². The monoisotopic (exact) mass is 258 g/mol. The molecule has 2 rings (SSSR count). The Morgan fingerprint density at radius 3 is 2.84 bits per heavy atom. The largest absolute Gasteiger partial charge is 0.396 e. The lowest BCUT2D eigenvalue weighted by Crippen LogP contribution is -2.33. The molecule has 0 unspecified atom stereocenters. The lowest BCUT2D eigenvalue weighted by atomic mass is 10.1. The zero-order valence-electron chi connectivity index (χ0n) is 11.5. The standard InChI is InChI=1S/C15H22N4/c1-19(13-6-2-3-7-13)10-9-18-14-8-4-5-12(11-16)15(14)17/h4-5,8,13,18H,2-3,6-7,9-10,17H2,1H3. The van der Waals surface area contributed by atoms with Crippen LogP contribution in [0.2, 0.25) is 0 Å². The topological polar surface area (TPSA) is 65.1 Å². The number of hydrogen-bond donors (Lipinski definition) is 2. The summed E-state index contributed by atoms with van der Waals surface area (Å²) in [6.07, 6.45) is 5.37. The lowest BCUT2D eigenvalue weighted by Gasteiger charge is -2.24. The minimum absolute atomic E-state index is 0.536. The first-order chi connectivity index (χ1) is 9.22. The van der Waals surface area contributed by atoms with Crippen molar-refractivity contribution in [3.8, 4) is 6.07 Å². The Morgan fingerprint density at radius 2 is 2.16 bits per heavy atom. The summed E-state index contributed by atoms with van der Waals surface area (Å²) in [7, 11) is 2.19. The maximum Gasteiger partial charge on any atom is 0.101 e. The number of nitrogens with one attached hydrogen (secondary N) is 1. The summed E-state index contributed by atoms with van der Waals surface area (Å²) in [5.74, 6) is 0. The highest BCUT2D eigenvalue weighted by molar-refractivity contribution is 5.72. The number of benzene rings is 1. The highest BCUT2D eigenvalue weighted by Crippen LogP contribution is 2.23. The molecule has 1 saturated carbocycles. The van der Waals surface area contributed by atoms with Crippen LogP contribution in [0.15, 0.2) is 18.2 Å². The highest BCUT2D eigenvalue weighted by atomic mass is 15.1. The molecule has 1 aromatic carbocycles. The smallest absolute Gasteiger partial charge is 0.101 e. The summed E-state index contributed by atoms with van der Waals surface area (Å²) in [5.41, 5.74) is 7.88. The van der Waals surface area contributed by atoms with Gasteiger partial charge in [-0.3, -0.25) is 0 Å². The molecule has 1 fully saturated rings. The molecule has 1 aromatic rings. The molecule has 3 N–H and O–H groups in total. The molecule has 1 aliphatic carbocycles. The molecular formula is C15H22N4. The van der Waals surface area contributed by atoms with Gasteiger partial charge in [-0.2, -0.15) is 5.26 Å². The van der Waals surface area contributed by atoms with Gasteiger partial charge in [0.15, 0.2) is 0 Å². The fourth-order valence-corrected chi connectivity index (χ4v) is 2.71. The first-order valence-electron chi connectivity index (χ1n) is 6.95. The predicted octanol–water partition coefficient (Wildman–Crippen LogP) is 2.43. The van der Waals surface area contributed by atoms with Gasteiger partial charge in [0.05, 0.1) is 16.9 Å². The summed E-state index contributed by atoms with van der Waals surface area (Å²) < 4.78 is 0. The molecule has 0 aromatic heterocycles. The third kappa shape index (κ3) is 3.39. The van der Waals surface area contributed by atoms with Crippen molar-refractivity contribution in [2.75, 3.05) is 31.2 Å². The van der Waals surface area contributed by atoms with Crippen molar-refractivity contribution >= 4 is 11.4 Å². The van der Waals surface area contributed by atoms with Gasteiger partial charge in [-0.25, -0.2) is 0 Å². The molecule has 102 valence electrons. The molecular weight excluding hydrogens is 236 g/mol. The zero-order chi connectivity index (χ0) is 13.7. The lowest BCUT2D eigenvalue weighted by molar-refractivity contribution is 0.254. The molecule has 4 nitrogen and oxygen atoms in total. The molecule has 4 heteroatoms. The summed E-state index contributed by atoms with van der Waals surface area (Å²) in [6.45, 7) is 1.85. The van der Waals surface area contributed by atoms with Gasteiger partial charge in [0, 0.05) is 19.1 Å². The zero-order valence-corrected chi connectivity index (χ0v) is 11.5. The number of nitriles is 1. The van der Waals surface area contributed by atoms with E-state index in [1.54, 1.807) is 6.07 Å². The maximum atomic E-state index is 8.93. The van der Waals surface area contributed by atoms with Gasteiger partial charge < -0.3 is 16.0 Å². The molecule has 0 saturated heterocycles. The summed E-state index contributed by atoms with van der Waals surface area (Å²) in [5, 5.41) is 12.3. The quantitative estimate of drug-likeness (QED) is 0.796. The number of para-hydroxylation sites is 1. The van der Waals surface area contributed by atoms with Gasteiger partial charge in [-0.15, -0.1) is 0 Å². The molecule has 0 amide bonds. The predicted molar refractivity (Wildman–Crippen MR) is 78.9 cm³/mol. The Bertz CT molecular complexity index is 458. The van der Waals surface area contributed by atoms with Crippen LogP contribution in [-0.4, -0.2) is 31.1 Å². The van der Waals surface area contributed by atoms with E-state index in [2.05, 4.69) is 23.3 Å². The number of nitrogens with two attached hydrogens (primary N) is 1. The maximum absolute atomic E-state index is 8.93. The second-order valence-electron chi connectivity index (χ2n) is 5.22. The summed E-state index contributed by atoms with van der Waals surface area (Å²) >= 11 is 0. The molecule has 1 aliphatic rings. The van der Waals surface area contributed by atoms with E-state index in [4.69, 9.17) is 11.0 Å². The third-order valence-electron chi connectivity index (χ3n) is 3.95. The Morgan fingerprint density at radius 1 is 1.42 bits per heavy atom. The van der Waals surface area contributed by atoms with Crippen molar-refractivity contribution < 1.29 is 0 Å². The minimum Gasteiger partial charge on any atom is -0.396 e. The van der Waals surface area contributed by atoms with Gasteiger partial charge in [-0.05, 0) is 32.0 Å². The minimum atomic E-state index is 0.536. The van der Waals surface area contributed by atoms with Crippen LogP contribution in [-0.2, 0) is 0 Å². The number of nitrogen functional groups attached to an aromatic ring is 1. The van der Waals surface area contributed by atoms with Gasteiger partial charge in [0.1, 0.15) is 6.07 Å². The molecule has 0 aliphatic heterocycles. The van der Waals surface area contributed by atoms with E-state index >= 15 is 0 Å². The first kappa shape index (κ1) is 13.7. The van der Waals surface area contributed by atoms with E-state index in [0.29, 0.717) is 11.3 Å². The van der Waals surface area contributed by atoms with E-state index in [-0.39, 0.29) is 0 Å². The normalized spacial score (nSPS) is 15.6. The van der Waals surface area contributed by atoms with Crippen LogP contribution in [0.3, 0.4) is 0 Å². The second kappa shape index (κ2) is 6.44. The fourth-order valence-electron chi connectivity index (χ4n) is 2.71. The van der Waals surface area contributed by atoms with Crippen LogP contribution in [0.25, 0.3) is 0 Å². The highest BCUT2D eigenvalue weighted by Gasteiger charge is 2.18. The number of likely N-dealkylation sites (N-methyl/N-ethyl adjacent to an activating group) is 1. The van der Waals surface area contributed by atoms with E-state index in [1.807, 2.05) is 12.1 Å². The third-order valence-corrected chi connectivity index (χ3v) is 3.95. The van der Waals surface area contributed by atoms with Crippen molar-refractivity contribution in [3.63, 3.8) is 0 Å². The Labute approximate surface area is 115 Å². The number of anilines is 2. The van der Waals surface area contributed by atoms with E-state index in [9.17, 15) is 0 Å². The molecule has 0 heterocycles. The van der Waals surface area contributed by atoms with Crippen molar-refractivity contribution in [1.82, 2.24) is 4.90 Å². The first-order valence-corrected chi connectivity index (χ1v) is 6.95. The second-order valence-corrected chi connectivity index (χ2v) is 5.22. The average molecular weight is 258 g/mol. The van der Waals surface area contributed by atoms with Gasteiger partial charge in [-0.1, -0.05) is 18.9 Å². The van der Waals surface area contributed by atoms with Crippen LogP contribution >= 0.6 is 0 Å². The molecule has 0 radical (unpaired) electrons. The number of nitrogens with zero attached hydrogens (tertiary/aromatic N) is 2. The average Bonchev–Trinajstić information content (AvgIpc) is 2.94. The van der Waals surface area contributed by atoms with Crippen LogP contribution < -0.4 is 11.1 Å². The molecule has 0 atom stereocenters. The van der Waals surface area contributed by atoms with Crippen LogP contribution in [0, 0.1) is 11.3 Å². The Balaban J connectivity index is 1.84. The van der Waals surface area contributed by atoms with Crippen molar-refractivity contribution in [1.29, 1.82) is 5.26 Å². The van der Waals surface area contributed by atoms with Gasteiger partial charge in [0.25, 0.3) is 0 Å². The van der Waals surface area contributed by atoms with Gasteiger partial charge >= 0.3 is 0 Å². The van der Waals surface area contributed by atoms with Gasteiger partial charge in [0.2, 0.25) is 0 Å². The SMILES string of the molecule is CN(CCNc1cccc(C#N)c1N)C1CCCC1. The van der Waals surface area contributed by atoms with Crippen molar-refractivity contribution in [3.05, 3.63) is 23.8 Å². The van der Waals surface area contributed by atoms with Crippen LogP contribution in [0.5, 0.6) is 0 Å². The molecule has 0 spiro atoms. The molecule has 0 bridgehead atoms. The summed E-state index contributed by atoms with van der Waals surface area (Å²) in [6, 6.07) is 8.37. The van der Waals surface area contributed by atoms with Crippen molar-refractivity contribution in [2.45, 2.75) is 31.7 Å². The van der Waals surface area contributed by atoms with E-state index in [1.165, 1.54) is 25.7 Å². The Hall–Kier alpha value is -1.73. The summed E-state index contributed by atoms with van der Waals surface area (Å²) in [4.78, 5) is 2.42.